The van der Waals surface area contributed by atoms with Crippen molar-refractivity contribution < 1.29 is 9.53 Å². The lowest BCUT2D eigenvalue weighted by atomic mass is 10.2. The normalized spacial score (nSPS) is 14.7. The van der Waals surface area contributed by atoms with Crippen LogP contribution < -0.4 is 9.64 Å². The molecule has 25 heavy (non-hydrogen) atoms. The first kappa shape index (κ1) is 17.3. The smallest absolute Gasteiger partial charge is 0.224 e. The molecule has 1 aliphatic heterocycles. The molecule has 0 aliphatic carbocycles. The minimum absolute atomic E-state index is 0.210. The number of aryl methyl sites for hydroxylation is 3. The Morgan fingerprint density at radius 1 is 1.12 bits per heavy atom. The van der Waals surface area contributed by atoms with Crippen molar-refractivity contribution in [3.8, 4) is 5.75 Å². The minimum Gasteiger partial charge on any atom is -0.497 e. The summed E-state index contributed by atoms with van der Waals surface area (Å²) in [5.74, 6) is 1.07. The highest BCUT2D eigenvalue weighted by molar-refractivity contribution is 5.76. The second-order valence-electron chi connectivity index (χ2n) is 6.47. The van der Waals surface area contributed by atoms with Gasteiger partial charge in [-0.3, -0.25) is 9.48 Å². The fourth-order valence-electron chi connectivity index (χ4n) is 3.27. The third-order valence-electron chi connectivity index (χ3n) is 4.71. The van der Waals surface area contributed by atoms with E-state index in [0.29, 0.717) is 13.0 Å². The summed E-state index contributed by atoms with van der Waals surface area (Å²) < 4.78 is 7.12. The van der Waals surface area contributed by atoms with Gasteiger partial charge in [0, 0.05) is 50.5 Å². The number of aromatic nitrogens is 2. The van der Waals surface area contributed by atoms with Crippen LogP contribution >= 0.6 is 0 Å². The fourth-order valence-corrected chi connectivity index (χ4v) is 3.27. The molecule has 1 aromatic heterocycles. The maximum absolute atomic E-state index is 12.5. The molecule has 1 aliphatic rings. The highest BCUT2D eigenvalue weighted by Gasteiger charge is 2.21. The molecule has 1 amide bonds. The van der Waals surface area contributed by atoms with Gasteiger partial charge < -0.3 is 14.5 Å². The summed E-state index contributed by atoms with van der Waals surface area (Å²) in [5.41, 5.74) is 3.28. The van der Waals surface area contributed by atoms with Crippen molar-refractivity contribution in [3.05, 3.63) is 41.7 Å². The van der Waals surface area contributed by atoms with E-state index in [1.807, 2.05) is 41.6 Å². The molecular weight excluding hydrogens is 316 g/mol. The van der Waals surface area contributed by atoms with Crippen molar-refractivity contribution in [3.63, 3.8) is 0 Å². The molecule has 2 heterocycles. The van der Waals surface area contributed by atoms with E-state index >= 15 is 0 Å². The second kappa shape index (κ2) is 7.59. The van der Waals surface area contributed by atoms with Crippen LogP contribution in [0.3, 0.4) is 0 Å². The Kier molecular flexibility index (Phi) is 5.26. The summed E-state index contributed by atoms with van der Waals surface area (Å²) >= 11 is 0. The van der Waals surface area contributed by atoms with Crippen molar-refractivity contribution in [1.29, 1.82) is 0 Å². The molecule has 1 fully saturated rings. The first-order valence-corrected chi connectivity index (χ1v) is 8.74. The van der Waals surface area contributed by atoms with E-state index in [2.05, 4.69) is 22.1 Å². The summed E-state index contributed by atoms with van der Waals surface area (Å²) in [6.45, 7) is 7.90. The van der Waals surface area contributed by atoms with Crippen LogP contribution in [0.2, 0.25) is 0 Å². The molecule has 0 spiro atoms. The van der Waals surface area contributed by atoms with E-state index in [-0.39, 0.29) is 5.91 Å². The topological polar surface area (TPSA) is 50.6 Å². The van der Waals surface area contributed by atoms with Gasteiger partial charge in [-0.05, 0) is 44.2 Å². The number of anilines is 1. The van der Waals surface area contributed by atoms with Crippen molar-refractivity contribution in [1.82, 2.24) is 14.7 Å². The molecule has 1 aromatic carbocycles. The summed E-state index contributed by atoms with van der Waals surface area (Å²) in [5, 5.41) is 4.42. The molecule has 0 atom stereocenters. The van der Waals surface area contributed by atoms with Gasteiger partial charge in [-0.2, -0.15) is 5.10 Å². The number of rotatable bonds is 5. The van der Waals surface area contributed by atoms with E-state index in [1.54, 1.807) is 7.11 Å². The third kappa shape index (κ3) is 4.13. The van der Waals surface area contributed by atoms with Gasteiger partial charge in [0.2, 0.25) is 5.91 Å². The number of hydrogen-bond acceptors (Lipinski definition) is 4. The van der Waals surface area contributed by atoms with Gasteiger partial charge in [-0.25, -0.2) is 0 Å². The summed E-state index contributed by atoms with van der Waals surface area (Å²) in [7, 11) is 1.67. The zero-order valence-electron chi connectivity index (χ0n) is 15.2. The van der Waals surface area contributed by atoms with Crippen molar-refractivity contribution >= 4 is 11.6 Å². The highest BCUT2D eigenvalue weighted by Crippen LogP contribution is 2.20. The Bertz CT molecular complexity index is 716. The van der Waals surface area contributed by atoms with Gasteiger partial charge in [0.15, 0.2) is 0 Å². The van der Waals surface area contributed by atoms with Gasteiger partial charge in [-0.15, -0.1) is 0 Å². The van der Waals surface area contributed by atoms with Gasteiger partial charge in [0.25, 0.3) is 0 Å². The van der Waals surface area contributed by atoms with Gasteiger partial charge >= 0.3 is 0 Å². The molecule has 2 aromatic rings. The number of benzene rings is 1. The first-order valence-electron chi connectivity index (χ1n) is 8.74. The average molecular weight is 342 g/mol. The monoisotopic (exact) mass is 342 g/mol. The first-order chi connectivity index (χ1) is 12.1. The minimum atomic E-state index is 0.210. The molecule has 134 valence electrons. The number of carbonyl (C=O) groups is 1. The molecule has 0 N–H and O–H groups in total. The van der Waals surface area contributed by atoms with E-state index in [9.17, 15) is 4.79 Å². The third-order valence-corrected chi connectivity index (χ3v) is 4.71. The van der Waals surface area contributed by atoms with Crippen molar-refractivity contribution in [2.45, 2.75) is 26.8 Å². The number of ether oxygens (including phenoxy) is 1. The quantitative estimate of drug-likeness (QED) is 0.836. The van der Waals surface area contributed by atoms with Crippen molar-refractivity contribution in [2.75, 3.05) is 38.2 Å². The highest BCUT2D eigenvalue weighted by atomic mass is 16.5. The Labute approximate surface area is 149 Å². The van der Waals surface area contributed by atoms with Crippen molar-refractivity contribution in [2.24, 2.45) is 0 Å². The molecule has 0 unspecified atom stereocenters. The maximum atomic E-state index is 12.5. The Hall–Kier alpha value is -2.50. The zero-order valence-corrected chi connectivity index (χ0v) is 15.2. The standard InChI is InChI=1S/C19H26N4O2/c1-15-14-16(2)23(20-15)9-8-19(24)22-12-10-21(11-13-22)17-4-6-18(25-3)7-5-17/h4-7,14H,8-13H2,1-3H3. The number of piperazine rings is 1. The maximum Gasteiger partial charge on any atom is 0.224 e. The zero-order chi connectivity index (χ0) is 17.8. The number of methoxy groups -OCH3 is 1. The van der Waals surface area contributed by atoms with Crippen LogP contribution in [0.25, 0.3) is 0 Å². The van der Waals surface area contributed by atoms with E-state index in [0.717, 1.165) is 43.3 Å². The van der Waals surface area contributed by atoms with Crippen LogP contribution in [0, 0.1) is 13.8 Å². The molecule has 0 bridgehead atoms. The van der Waals surface area contributed by atoms with E-state index < -0.39 is 0 Å². The lowest BCUT2D eigenvalue weighted by molar-refractivity contribution is -0.131. The van der Waals surface area contributed by atoms with E-state index in [1.165, 1.54) is 5.69 Å². The van der Waals surface area contributed by atoms with Crippen LogP contribution in [0.15, 0.2) is 30.3 Å². The molecule has 0 saturated carbocycles. The summed E-state index contributed by atoms with van der Waals surface area (Å²) in [6, 6.07) is 10.1. The fraction of sp³-hybridized carbons (Fsp3) is 0.474. The van der Waals surface area contributed by atoms with Gasteiger partial charge in [-0.1, -0.05) is 0 Å². The molecule has 6 nitrogen and oxygen atoms in total. The average Bonchev–Trinajstić information content (AvgIpc) is 2.97. The lowest BCUT2D eigenvalue weighted by Crippen LogP contribution is -2.49. The number of amides is 1. The van der Waals surface area contributed by atoms with Gasteiger partial charge in [0.05, 0.1) is 12.8 Å². The molecule has 1 saturated heterocycles. The Morgan fingerprint density at radius 2 is 1.80 bits per heavy atom. The van der Waals surface area contributed by atoms with Crippen LogP contribution in [0.1, 0.15) is 17.8 Å². The number of hydrogen-bond donors (Lipinski definition) is 0. The lowest BCUT2D eigenvalue weighted by Gasteiger charge is -2.36. The van der Waals surface area contributed by atoms with Crippen LogP contribution in [0.5, 0.6) is 5.75 Å². The Morgan fingerprint density at radius 3 is 2.36 bits per heavy atom. The summed E-state index contributed by atoms with van der Waals surface area (Å²) in [6.07, 6.45) is 0.504. The largest absolute Gasteiger partial charge is 0.497 e. The van der Waals surface area contributed by atoms with Crippen LogP contribution in [0.4, 0.5) is 5.69 Å². The number of carbonyl (C=O) groups excluding carboxylic acids is 1. The SMILES string of the molecule is COc1ccc(N2CCN(C(=O)CCn3nc(C)cc3C)CC2)cc1. The van der Waals surface area contributed by atoms with Crippen LogP contribution in [-0.4, -0.2) is 53.9 Å². The second-order valence-corrected chi connectivity index (χ2v) is 6.47. The van der Waals surface area contributed by atoms with E-state index in [4.69, 9.17) is 4.74 Å². The predicted octanol–water partition coefficient (Wildman–Crippen LogP) is 2.25. The molecule has 0 radical (unpaired) electrons. The molecule has 3 rings (SSSR count). The van der Waals surface area contributed by atoms with Crippen LogP contribution in [-0.2, 0) is 11.3 Å². The predicted molar refractivity (Wildman–Crippen MR) is 98.1 cm³/mol. The summed E-state index contributed by atoms with van der Waals surface area (Å²) in [4.78, 5) is 16.7. The molecular formula is C19H26N4O2. The Balaban J connectivity index is 1.49. The molecule has 6 heteroatoms. The van der Waals surface area contributed by atoms with Gasteiger partial charge in [0.1, 0.15) is 5.75 Å². The number of nitrogens with zero attached hydrogens (tertiary/aromatic N) is 4.